The second kappa shape index (κ2) is 6.59. The van der Waals surface area contributed by atoms with Crippen molar-refractivity contribution >= 4 is 27.3 Å². The summed E-state index contributed by atoms with van der Waals surface area (Å²) in [5, 5.41) is 11.3. The minimum Gasteiger partial charge on any atom is -0.381 e. The summed E-state index contributed by atoms with van der Waals surface area (Å²) in [7, 11) is -3.83. The molecule has 1 heterocycles. The first-order valence-corrected chi connectivity index (χ1v) is 9.66. The second-order valence-electron chi connectivity index (χ2n) is 6.34. The van der Waals surface area contributed by atoms with Gasteiger partial charge in [0.1, 0.15) is 0 Å². The van der Waals surface area contributed by atoms with Crippen LogP contribution in [0, 0.1) is 23.0 Å². The smallest absolute Gasteiger partial charge is 0.275 e. The first-order chi connectivity index (χ1) is 11.3. The average molecular weight is 375 g/mol. The lowest BCUT2D eigenvalue weighted by Gasteiger charge is -2.24. The molecule has 0 radical (unpaired) electrons. The highest BCUT2D eigenvalue weighted by atomic mass is 35.5. The fourth-order valence-electron chi connectivity index (χ4n) is 2.90. The minimum atomic E-state index is -3.83. The zero-order chi connectivity index (χ0) is 17.5. The van der Waals surface area contributed by atoms with Gasteiger partial charge in [0.2, 0.25) is 10.0 Å². The third-order valence-electron chi connectivity index (χ3n) is 4.51. The molecule has 24 heavy (non-hydrogen) atoms. The van der Waals surface area contributed by atoms with Crippen LogP contribution in [-0.2, 0) is 14.8 Å². The van der Waals surface area contributed by atoms with E-state index in [1.54, 1.807) is 0 Å². The Morgan fingerprint density at radius 3 is 2.62 bits per heavy atom. The van der Waals surface area contributed by atoms with E-state index in [0.717, 1.165) is 25.3 Å². The Labute approximate surface area is 145 Å². The molecule has 0 N–H and O–H groups in total. The van der Waals surface area contributed by atoms with E-state index in [4.69, 9.17) is 16.3 Å². The zero-order valence-electron chi connectivity index (χ0n) is 13.3. The number of halogens is 1. The van der Waals surface area contributed by atoms with Crippen LogP contribution < -0.4 is 0 Å². The van der Waals surface area contributed by atoms with Gasteiger partial charge in [0, 0.05) is 30.8 Å². The summed E-state index contributed by atoms with van der Waals surface area (Å²) < 4.78 is 32.9. The monoisotopic (exact) mass is 374 g/mol. The number of sulfonamides is 1. The third kappa shape index (κ3) is 3.42. The Morgan fingerprint density at radius 1 is 1.38 bits per heavy atom. The number of nitrogens with zero attached hydrogens (tertiary/aromatic N) is 2. The highest BCUT2D eigenvalue weighted by Crippen LogP contribution is 2.36. The van der Waals surface area contributed by atoms with Crippen LogP contribution in [0.4, 0.5) is 5.69 Å². The van der Waals surface area contributed by atoms with Crippen LogP contribution >= 0.6 is 11.6 Å². The molecular weight excluding hydrogens is 356 g/mol. The van der Waals surface area contributed by atoms with Gasteiger partial charge in [-0.2, -0.15) is 4.31 Å². The van der Waals surface area contributed by atoms with Gasteiger partial charge in [0.15, 0.2) is 0 Å². The van der Waals surface area contributed by atoms with Gasteiger partial charge in [-0.1, -0.05) is 11.6 Å². The summed E-state index contributed by atoms with van der Waals surface area (Å²) in [6.45, 7) is 3.08. The van der Waals surface area contributed by atoms with Crippen molar-refractivity contribution in [1.29, 1.82) is 0 Å². The van der Waals surface area contributed by atoms with Gasteiger partial charge in [-0.3, -0.25) is 10.1 Å². The average Bonchev–Trinajstić information content (AvgIpc) is 3.22. The van der Waals surface area contributed by atoms with Crippen LogP contribution in [0.15, 0.2) is 17.0 Å². The standard InChI is InChI=1S/C15H19ClN2O5S/c1-10-14(16)6-13(7-15(10)18(19)20)24(21,22)17(12-2-3-12)8-11-4-5-23-9-11/h6-7,11-12H,2-5,8-9H2,1H3/t11-/m0/s1. The number of nitro benzene ring substituents is 1. The van der Waals surface area contributed by atoms with E-state index >= 15 is 0 Å². The fourth-order valence-corrected chi connectivity index (χ4v) is 4.99. The molecule has 1 aliphatic carbocycles. The van der Waals surface area contributed by atoms with Crippen molar-refractivity contribution in [3.8, 4) is 0 Å². The van der Waals surface area contributed by atoms with Crippen molar-refractivity contribution < 1.29 is 18.1 Å². The van der Waals surface area contributed by atoms with Gasteiger partial charge in [0.05, 0.1) is 21.4 Å². The predicted octanol–water partition coefficient (Wildman–Crippen LogP) is 2.75. The summed E-state index contributed by atoms with van der Waals surface area (Å²) in [5.74, 6) is 0.163. The van der Waals surface area contributed by atoms with Crippen LogP contribution in [0.2, 0.25) is 5.02 Å². The number of rotatable bonds is 6. The second-order valence-corrected chi connectivity index (χ2v) is 8.64. The fraction of sp³-hybridized carbons (Fsp3) is 0.600. The SMILES string of the molecule is Cc1c(Cl)cc(S(=O)(=O)N(C[C@@H]2CCOC2)C2CC2)cc1[N+](=O)[O-]. The Bertz CT molecular complexity index is 757. The lowest BCUT2D eigenvalue weighted by atomic mass is 10.1. The molecule has 1 saturated carbocycles. The van der Waals surface area contributed by atoms with Crippen molar-refractivity contribution in [2.24, 2.45) is 5.92 Å². The molecule has 0 amide bonds. The highest BCUT2D eigenvalue weighted by molar-refractivity contribution is 7.89. The molecule has 7 nitrogen and oxygen atoms in total. The molecule has 2 aliphatic rings. The van der Waals surface area contributed by atoms with Crippen LogP contribution in [0.5, 0.6) is 0 Å². The first kappa shape index (κ1) is 17.6. The van der Waals surface area contributed by atoms with Crippen LogP contribution in [0.1, 0.15) is 24.8 Å². The molecule has 1 atom stereocenters. The van der Waals surface area contributed by atoms with E-state index < -0.39 is 14.9 Å². The van der Waals surface area contributed by atoms with Gasteiger partial charge in [0.25, 0.3) is 5.69 Å². The summed E-state index contributed by atoms with van der Waals surface area (Å²) in [4.78, 5) is 10.5. The highest BCUT2D eigenvalue weighted by Gasteiger charge is 2.40. The Morgan fingerprint density at radius 2 is 2.08 bits per heavy atom. The maximum Gasteiger partial charge on any atom is 0.275 e. The number of ether oxygens (including phenoxy) is 1. The summed E-state index contributed by atoms with van der Waals surface area (Å²) >= 11 is 6.03. The summed E-state index contributed by atoms with van der Waals surface area (Å²) in [6, 6.07) is 2.38. The lowest BCUT2D eigenvalue weighted by molar-refractivity contribution is -0.385. The molecule has 1 aliphatic heterocycles. The normalized spacial score (nSPS) is 21.4. The van der Waals surface area contributed by atoms with E-state index in [0.29, 0.717) is 19.8 Å². The first-order valence-electron chi connectivity index (χ1n) is 7.85. The van der Waals surface area contributed by atoms with Gasteiger partial charge in [-0.25, -0.2) is 8.42 Å². The molecule has 1 aromatic rings. The van der Waals surface area contributed by atoms with E-state index in [9.17, 15) is 18.5 Å². The number of nitro groups is 1. The topological polar surface area (TPSA) is 89.8 Å². The Hall–Kier alpha value is -1.22. The quantitative estimate of drug-likeness (QED) is 0.564. The molecule has 0 unspecified atom stereocenters. The predicted molar refractivity (Wildman–Crippen MR) is 88.7 cm³/mol. The molecule has 1 aromatic carbocycles. The van der Waals surface area contributed by atoms with Crippen molar-refractivity contribution in [1.82, 2.24) is 4.31 Å². The molecule has 1 saturated heterocycles. The largest absolute Gasteiger partial charge is 0.381 e. The number of hydrogen-bond donors (Lipinski definition) is 0. The van der Waals surface area contributed by atoms with Crippen LogP contribution in [-0.4, -0.2) is 43.4 Å². The van der Waals surface area contributed by atoms with E-state index in [1.165, 1.54) is 17.3 Å². The van der Waals surface area contributed by atoms with Crippen molar-refractivity contribution in [3.63, 3.8) is 0 Å². The molecule has 0 spiro atoms. The van der Waals surface area contributed by atoms with Gasteiger partial charge in [-0.15, -0.1) is 0 Å². The molecule has 0 aromatic heterocycles. The molecule has 132 valence electrons. The van der Waals surface area contributed by atoms with Crippen LogP contribution in [0.25, 0.3) is 0 Å². The van der Waals surface area contributed by atoms with E-state index in [-0.39, 0.29) is 33.1 Å². The summed E-state index contributed by atoms with van der Waals surface area (Å²) in [5.41, 5.74) is -0.0104. The van der Waals surface area contributed by atoms with Crippen molar-refractivity contribution in [3.05, 3.63) is 32.8 Å². The molecule has 2 fully saturated rings. The minimum absolute atomic E-state index is 0.0327. The molecule has 0 bridgehead atoms. The van der Waals surface area contributed by atoms with E-state index in [2.05, 4.69) is 0 Å². The van der Waals surface area contributed by atoms with Crippen molar-refractivity contribution in [2.75, 3.05) is 19.8 Å². The van der Waals surface area contributed by atoms with Crippen molar-refractivity contribution in [2.45, 2.75) is 37.1 Å². The number of hydrogen-bond acceptors (Lipinski definition) is 5. The summed E-state index contributed by atoms with van der Waals surface area (Å²) in [6.07, 6.45) is 2.45. The Kier molecular flexibility index (Phi) is 4.83. The lowest BCUT2D eigenvalue weighted by Crippen LogP contribution is -2.37. The molecule has 3 rings (SSSR count). The maximum atomic E-state index is 13.0. The molecular formula is C15H19ClN2O5S. The van der Waals surface area contributed by atoms with Crippen LogP contribution in [0.3, 0.4) is 0 Å². The maximum absolute atomic E-state index is 13.0. The molecule has 9 heteroatoms. The number of benzene rings is 1. The third-order valence-corrected chi connectivity index (χ3v) is 6.80. The van der Waals surface area contributed by atoms with Gasteiger partial charge in [-0.05, 0) is 38.2 Å². The Balaban J connectivity index is 1.97. The van der Waals surface area contributed by atoms with Gasteiger partial charge < -0.3 is 4.74 Å². The van der Waals surface area contributed by atoms with E-state index in [1.807, 2.05) is 0 Å². The zero-order valence-corrected chi connectivity index (χ0v) is 14.8. The van der Waals surface area contributed by atoms with Gasteiger partial charge >= 0.3 is 0 Å².